The normalized spacial score (nSPS) is 14.5. The summed E-state index contributed by atoms with van der Waals surface area (Å²) in [5.74, 6) is -0.210. The number of rotatable bonds is 7. The minimum absolute atomic E-state index is 0.103. The van der Waals surface area contributed by atoms with Crippen LogP contribution in [0.25, 0.3) is 0 Å². The molecule has 0 heterocycles. The van der Waals surface area contributed by atoms with Crippen LogP contribution in [0.3, 0.4) is 0 Å². The minimum Gasteiger partial charge on any atom is -0.354 e. The summed E-state index contributed by atoms with van der Waals surface area (Å²) in [6.07, 6.45) is 9.71. The molecule has 1 aliphatic rings. The molecule has 0 spiro atoms. The molecule has 1 N–H and O–H groups in total. The number of nitrogens with one attached hydrogen (secondary N) is 1. The van der Waals surface area contributed by atoms with E-state index in [1.807, 2.05) is 0 Å². The van der Waals surface area contributed by atoms with Gasteiger partial charge in [0.25, 0.3) is 0 Å². The summed E-state index contributed by atoms with van der Waals surface area (Å²) in [6.45, 7) is 6.22. The molecule has 4 heteroatoms. The second kappa shape index (κ2) is 8.51. The lowest BCUT2D eigenvalue weighted by Gasteiger charge is -2.19. The molecule has 0 aromatic carbocycles. The molecular weight excluding hydrogens is 240 g/mol. The number of carbonyl (C=O) groups is 2. The molecule has 0 radical (unpaired) electrons. The molecule has 0 unspecified atom stereocenters. The fourth-order valence-corrected chi connectivity index (χ4v) is 2.18. The third-order valence-corrected chi connectivity index (χ3v) is 3.28. The number of carbonyl (C=O) groups excluding carboxylic acids is 2. The fourth-order valence-electron chi connectivity index (χ4n) is 2.18. The van der Waals surface area contributed by atoms with Crippen LogP contribution in [0, 0.1) is 0 Å². The number of hydrogen-bond donors (Lipinski definition) is 1. The van der Waals surface area contributed by atoms with Crippen LogP contribution < -0.4 is 5.32 Å². The smallest absolute Gasteiger partial charge is 0.239 e. The first-order chi connectivity index (χ1) is 9.13. The molecule has 0 saturated heterocycles. The molecule has 19 heavy (non-hydrogen) atoms. The summed E-state index contributed by atoms with van der Waals surface area (Å²) in [6, 6.07) is 0. The summed E-state index contributed by atoms with van der Waals surface area (Å²) < 4.78 is 0. The molecule has 0 bridgehead atoms. The van der Waals surface area contributed by atoms with Crippen molar-refractivity contribution in [2.45, 2.75) is 39.0 Å². The molecule has 2 amide bonds. The Kier molecular flexibility index (Phi) is 6.93. The number of allylic oxidation sites excluding steroid dienone is 1. The lowest BCUT2D eigenvalue weighted by Crippen LogP contribution is -2.40. The van der Waals surface area contributed by atoms with E-state index in [0.717, 1.165) is 12.8 Å². The van der Waals surface area contributed by atoms with Crippen LogP contribution in [-0.2, 0) is 9.59 Å². The van der Waals surface area contributed by atoms with Crippen molar-refractivity contribution in [3.63, 3.8) is 0 Å². The maximum absolute atomic E-state index is 11.7. The van der Waals surface area contributed by atoms with Crippen molar-refractivity contribution in [2.24, 2.45) is 0 Å². The summed E-state index contributed by atoms with van der Waals surface area (Å²) in [5, 5.41) is 2.87. The van der Waals surface area contributed by atoms with Crippen LogP contribution >= 0.6 is 0 Å². The Hall–Kier alpha value is -1.58. The van der Waals surface area contributed by atoms with E-state index in [-0.39, 0.29) is 18.4 Å². The lowest BCUT2D eigenvalue weighted by atomic mass is 9.97. The number of amides is 2. The first kappa shape index (κ1) is 15.5. The van der Waals surface area contributed by atoms with Gasteiger partial charge in [0.15, 0.2) is 0 Å². The second-order valence-electron chi connectivity index (χ2n) is 4.90. The van der Waals surface area contributed by atoms with Crippen molar-refractivity contribution >= 4 is 11.8 Å². The molecule has 0 aromatic heterocycles. The largest absolute Gasteiger partial charge is 0.354 e. The van der Waals surface area contributed by atoms with E-state index in [9.17, 15) is 9.59 Å². The van der Waals surface area contributed by atoms with Crippen LogP contribution in [0.2, 0.25) is 0 Å². The molecule has 106 valence electrons. The highest BCUT2D eigenvalue weighted by molar-refractivity contribution is 5.83. The topological polar surface area (TPSA) is 49.4 Å². The van der Waals surface area contributed by atoms with Gasteiger partial charge in [-0.1, -0.05) is 17.7 Å². The third kappa shape index (κ3) is 6.22. The van der Waals surface area contributed by atoms with Gasteiger partial charge in [-0.2, -0.15) is 0 Å². The summed E-state index contributed by atoms with van der Waals surface area (Å²) in [5.41, 5.74) is 1.45. The molecule has 0 fully saturated rings. The molecule has 0 atom stereocenters. The summed E-state index contributed by atoms with van der Waals surface area (Å²) in [7, 11) is 0. The van der Waals surface area contributed by atoms with E-state index in [0.29, 0.717) is 13.1 Å². The third-order valence-electron chi connectivity index (χ3n) is 3.28. The second-order valence-corrected chi connectivity index (χ2v) is 4.90. The molecule has 4 nitrogen and oxygen atoms in total. The average Bonchev–Trinajstić information content (AvgIpc) is 2.39. The first-order valence-electron chi connectivity index (χ1n) is 6.94. The van der Waals surface area contributed by atoms with Gasteiger partial charge in [-0.05, 0) is 32.1 Å². The van der Waals surface area contributed by atoms with Crippen molar-refractivity contribution in [1.82, 2.24) is 10.2 Å². The lowest BCUT2D eigenvalue weighted by molar-refractivity contribution is -0.133. The highest BCUT2D eigenvalue weighted by atomic mass is 16.2. The molecule has 0 saturated carbocycles. The van der Waals surface area contributed by atoms with E-state index in [1.165, 1.54) is 36.7 Å². The van der Waals surface area contributed by atoms with Crippen molar-refractivity contribution in [3.8, 4) is 0 Å². The highest BCUT2D eigenvalue weighted by Gasteiger charge is 2.11. The molecule has 1 rings (SSSR count). The van der Waals surface area contributed by atoms with E-state index >= 15 is 0 Å². The standard InChI is InChI=1S/C15H24N2O2/c1-3-11-17(13(2)18)12-15(19)16-10-9-14-7-5-4-6-8-14/h3,7H,1,4-6,8-12H2,2H3,(H,16,19). The monoisotopic (exact) mass is 264 g/mol. The van der Waals surface area contributed by atoms with E-state index < -0.39 is 0 Å². The van der Waals surface area contributed by atoms with Crippen molar-refractivity contribution in [2.75, 3.05) is 19.6 Å². The Morgan fingerprint density at radius 1 is 1.47 bits per heavy atom. The number of nitrogens with zero attached hydrogens (tertiary/aromatic N) is 1. The fraction of sp³-hybridized carbons (Fsp3) is 0.600. The van der Waals surface area contributed by atoms with E-state index in [4.69, 9.17) is 0 Å². The molecule has 0 aliphatic heterocycles. The van der Waals surface area contributed by atoms with Crippen molar-refractivity contribution in [3.05, 3.63) is 24.3 Å². The zero-order chi connectivity index (χ0) is 14.1. The van der Waals surface area contributed by atoms with Crippen molar-refractivity contribution in [1.29, 1.82) is 0 Å². The Balaban J connectivity index is 2.24. The Morgan fingerprint density at radius 3 is 2.84 bits per heavy atom. The van der Waals surface area contributed by atoms with Crippen LogP contribution in [-0.4, -0.2) is 36.3 Å². The van der Waals surface area contributed by atoms with Gasteiger partial charge in [-0.3, -0.25) is 9.59 Å². The quantitative estimate of drug-likeness (QED) is 0.715. The zero-order valence-electron chi connectivity index (χ0n) is 11.8. The van der Waals surface area contributed by atoms with Gasteiger partial charge in [-0.25, -0.2) is 0 Å². The van der Waals surface area contributed by atoms with Gasteiger partial charge in [0.2, 0.25) is 11.8 Å². The van der Waals surface area contributed by atoms with Crippen LogP contribution in [0.5, 0.6) is 0 Å². The predicted molar refractivity (Wildman–Crippen MR) is 76.6 cm³/mol. The SMILES string of the molecule is C=CCN(CC(=O)NCCC1=CCCCC1)C(C)=O. The van der Waals surface area contributed by atoms with Crippen LogP contribution in [0.1, 0.15) is 39.0 Å². The van der Waals surface area contributed by atoms with Crippen LogP contribution in [0.4, 0.5) is 0 Å². The van der Waals surface area contributed by atoms with Gasteiger partial charge in [0.1, 0.15) is 0 Å². The van der Waals surface area contributed by atoms with Gasteiger partial charge in [-0.15, -0.1) is 6.58 Å². The molecule has 0 aromatic rings. The van der Waals surface area contributed by atoms with Gasteiger partial charge < -0.3 is 10.2 Å². The maximum Gasteiger partial charge on any atom is 0.239 e. The van der Waals surface area contributed by atoms with Gasteiger partial charge in [0, 0.05) is 20.0 Å². The first-order valence-corrected chi connectivity index (χ1v) is 6.94. The zero-order valence-corrected chi connectivity index (χ0v) is 11.8. The maximum atomic E-state index is 11.7. The van der Waals surface area contributed by atoms with Crippen LogP contribution in [0.15, 0.2) is 24.3 Å². The Bertz CT molecular complexity index is 361. The highest BCUT2D eigenvalue weighted by Crippen LogP contribution is 2.19. The summed E-state index contributed by atoms with van der Waals surface area (Å²) in [4.78, 5) is 24.5. The summed E-state index contributed by atoms with van der Waals surface area (Å²) >= 11 is 0. The average molecular weight is 264 g/mol. The molecular formula is C15H24N2O2. The predicted octanol–water partition coefficient (Wildman–Crippen LogP) is 2.03. The van der Waals surface area contributed by atoms with E-state index in [2.05, 4.69) is 18.0 Å². The number of hydrogen-bond acceptors (Lipinski definition) is 2. The molecule has 1 aliphatic carbocycles. The Labute approximate surface area is 115 Å². The Morgan fingerprint density at radius 2 is 2.26 bits per heavy atom. The van der Waals surface area contributed by atoms with E-state index in [1.54, 1.807) is 6.08 Å². The van der Waals surface area contributed by atoms with Crippen molar-refractivity contribution < 1.29 is 9.59 Å². The minimum atomic E-state index is -0.106. The van der Waals surface area contributed by atoms with Gasteiger partial charge >= 0.3 is 0 Å². The van der Waals surface area contributed by atoms with Gasteiger partial charge in [0.05, 0.1) is 6.54 Å².